The van der Waals surface area contributed by atoms with Gasteiger partial charge in [-0.2, -0.15) is 0 Å². The molecule has 1 spiro atoms. The first-order chi connectivity index (χ1) is 17.1. The van der Waals surface area contributed by atoms with Crippen LogP contribution in [0.5, 0.6) is 0 Å². The van der Waals surface area contributed by atoms with Crippen molar-refractivity contribution < 1.29 is 8.60 Å². The van der Waals surface area contributed by atoms with Crippen LogP contribution in [0, 0.1) is 16.0 Å². The quantitative estimate of drug-likeness (QED) is 0.422. The van der Waals surface area contributed by atoms with Gasteiger partial charge in [0.1, 0.15) is 16.7 Å². The minimum atomic E-state index is -2.95. The molecular weight excluding hydrogens is 517 g/mol. The van der Waals surface area contributed by atoms with E-state index in [0.717, 1.165) is 44.3 Å². The number of nitrogens with two attached hydrogens (primary N) is 1. The smallest absolute Gasteiger partial charge is 0.158 e. The van der Waals surface area contributed by atoms with E-state index in [1.807, 2.05) is 6.07 Å². The molecule has 3 aliphatic rings. The van der Waals surface area contributed by atoms with Gasteiger partial charge in [-0.15, -0.1) is 0 Å². The van der Waals surface area contributed by atoms with Gasteiger partial charge in [-0.1, -0.05) is 35.5 Å². The Kier molecular flexibility index (Phi) is 5.73. The normalized spacial score (nSPS) is 26.2. The zero-order valence-corrected chi connectivity index (χ0v) is 22.2. The molecule has 2 saturated heterocycles. The van der Waals surface area contributed by atoms with E-state index < -0.39 is 9.73 Å². The van der Waals surface area contributed by atoms with Crippen LogP contribution in [0.15, 0.2) is 57.4 Å². The highest BCUT2D eigenvalue weighted by molar-refractivity contribution is 7.99. The molecule has 6 rings (SSSR count). The number of nitrogens with one attached hydrogen (secondary N) is 1. The fourth-order valence-corrected chi connectivity index (χ4v) is 8.82. The van der Waals surface area contributed by atoms with E-state index in [1.165, 1.54) is 29.1 Å². The first-order valence-electron chi connectivity index (χ1n) is 12.0. The monoisotopic (exact) mass is 543 g/mol. The number of halogens is 2. The lowest BCUT2D eigenvalue weighted by Crippen LogP contribution is -2.48. The summed E-state index contributed by atoms with van der Waals surface area (Å²) in [6, 6.07) is 11.1. The molecule has 0 saturated carbocycles. The molecule has 3 heterocycles. The van der Waals surface area contributed by atoms with E-state index in [2.05, 4.69) is 9.88 Å². The van der Waals surface area contributed by atoms with E-state index in [-0.39, 0.29) is 16.3 Å². The van der Waals surface area contributed by atoms with E-state index in [0.29, 0.717) is 32.7 Å². The first kappa shape index (κ1) is 24.0. The molecule has 2 aromatic carbocycles. The van der Waals surface area contributed by atoms with Gasteiger partial charge in [0.25, 0.3) is 0 Å². The van der Waals surface area contributed by atoms with Gasteiger partial charge in [0.15, 0.2) is 5.82 Å². The van der Waals surface area contributed by atoms with Crippen molar-refractivity contribution in [3.8, 4) is 0 Å². The van der Waals surface area contributed by atoms with E-state index in [1.54, 1.807) is 36.5 Å². The van der Waals surface area contributed by atoms with Crippen molar-refractivity contribution in [2.24, 2.45) is 5.41 Å². The number of nitrogens with zero attached hydrogens (tertiary/aromatic N) is 3. The number of aromatic nitrogens is 2. The van der Waals surface area contributed by atoms with Crippen molar-refractivity contribution in [2.45, 2.75) is 65.4 Å². The lowest BCUT2D eigenvalue weighted by molar-refractivity contribution is 0.193. The lowest BCUT2D eigenvalue weighted by atomic mass is 9.72. The van der Waals surface area contributed by atoms with E-state index in [9.17, 15) is 8.60 Å². The van der Waals surface area contributed by atoms with E-state index in [4.69, 9.17) is 27.1 Å². The average Bonchev–Trinajstić information content (AvgIpc) is 3.29. The van der Waals surface area contributed by atoms with Gasteiger partial charge in [0.2, 0.25) is 0 Å². The summed E-state index contributed by atoms with van der Waals surface area (Å²) >= 11 is 7.72. The zero-order valence-electron chi connectivity index (χ0n) is 19.8. The fraction of sp³-hybridized carbons (Fsp3) is 0.385. The van der Waals surface area contributed by atoms with Crippen molar-refractivity contribution in [2.75, 3.05) is 16.9 Å². The summed E-state index contributed by atoms with van der Waals surface area (Å²) in [5.41, 5.74) is 9.01. The second kappa shape index (κ2) is 8.60. The molecule has 2 fully saturated rings. The SMILES string of the molecule is CS(=N)(=O)c1cccc(Sc2ncc(N3[C@@H]4CC[C@H]3CC3(Cc5ccc(F)cc5C3)C4)nc2N)c1Cl. The summed E-state index contributed by atoms with van der Waals surface area (Å²) in [6.45, 7) is 0. The number of hydrogen-bond acceptors (Lipinski definition) is 7. The van der Waals surface area contributed by atoms with Crippen LogP contribution in [0.3, 0.4) is 0 Å². The Hall–Kier alpha value is -2.36. The molecule has 10 heteroatoms. The zero-order chi connectivity index (χ0) is 25.2. The molecule has 2 aliphatic heterocycles. The molecule has 4 atom stereocenters. The predicted molar refractivity (Wildman–Crippen MR) is 142 cm³/mol. The molecular formula is C26H27ClFN5OS2. The number of hydrogen-bond donors (Lipinski definition) is 2. The second-order valence-corrected chi connectivity index (χ2v) is 13.9. The Morgan fingerprint density at radius 3 is 2.61 bits per heavy atom. The highest BCUT2D eigenvalue weighted by Crippen LogP contribution is 2.53. The Balaban J connectivity index is 1.22. The number of fused-ring (bicyclic) bond motifs is 3. The van der Waals surface area contributed by atoms with Crippen LogP contribution in [-0.2, 0) is 22.6 Å². The summed E-state index contributed by atoms with van der Waals surface area (Å²) < 4.78 is 33.9. The third-order valence-corrected chi connectivity index (χ3v) is 10.7. The highest BCUT2D eigenvalue weighted by Gasteiger charge is 2.51. The molecule has 188 valence electrons. The Labute approximate surface area is 219 Å². The Morgan fingerprint density at radius 2 is 1.92 bits per heavy atom. The van der Waals surface area contributed by atoms with Crippen LogP contribution in [-0.4, -0.2) is 32.5 Å². The van der Waals surface area contributed by atoms with Crippen molar-refractivity contribution in [1.82, 2.24) is 9.97 Å². The van der Waals surface area contributed by atoms with Crippen LogP contribution < -0.4 is 10.6 Å². The molecule has 0 radical (unpaired) electrons. The molecule has 2 unspecified atom stereocenters. The van der Waals surface area contributed by atoms with Gasteiger partial charge in [0, 0.05) is 23.2 Å². The highest BCUT2D eigenvalue weighted by atomic mass is 35.5. The van der Waals surface area contributed by atoms with Crippen molar-refractivity contribution >= 4 is 44.7 Å². The fourth-order valence-electron chi connectivity index (χ4n) is 6.47. The number of piperidine rings is 1. The van der Waals surface area contributed by atoms with Crippen LogP contribution in [0.25, 0.3) is 0 Å². The number of anilines is 2. The summed E-state index contributed by atoms with van der Waals surface area (Å²) in [6.07, 6.45) is 9.45. The third-order valence-electron chi connectivity index (χ3n) is 7.83. The molecule has 3 N–H and O–H groups in total. The molecule has 36 heavy (non-hydrogen) atoms. The number of nitrogen functional groups attached to an aromatic ring is 1. The molecule has 0 amide bonds. The van der Waals surface area contributed by atoms with Crippen molar-refractivity contribution in [1.29, 1.82) is 4.78 Å². The van der Waals surface area contributed by atoms with Crippen molar-refractivity contribution in [3.05, 3.63) is 64.6 Å². The van der Waals surface area contributed by atoms with Crippen LogP contribution in [0.4, 0.5) is 16.0 Å². The third kappa shape index (κ3) is 4.15. The van der Waals surface area contributed by atoms with Crippen LogP contribution in [0.1, 0.15) is 36.8 Å². The summed E-state index contributed by atoms with van der Waals surface area (Å²) in [5, 5.41) is 0.812. The predicted octanol–water partition coefficient (Wildman–Crippen LogP) is 5.95. The van der Waals surface area contributed by atoms with Gasteiger partial charge in [0.05, 0.1) is 25.8 Å². The molecule has 2 bridgehead atoms. The van der Waals surface area contributed by atoms with Crippen LogP contribution in [0.2, 0.25) is 5.02 Å². The largest absolute Gasteiger partial charge is 0.381 e. The maximum atomic E-state index is 13.8. The van der Waals surface area contributed by atoms with Crippen LogP contribution >= 0.6 is 23.4 Å². The first-order valence-corrected chi connectivity index (χ1v) is 15.2. The van der Waals surface area contributed by atoms with Gasteiger partial charge in [-0.3, -0.25) is 0 Å². The van der Waals surface area contributed by atoms with E-state index >= 15 is 0 Å². The van der Waals surface area contributed by atoms with Gasteiger partial charge in [-0.25, -0.2) is 23.3 Å². The lowest BCUT2D eigenvalue weighted by Gasteiger charge is -2.45. The molecule has 3 aromatic rings. The molecule has 6 nitrogen and oxygen atoms in total. The van der Waals surface area contributed by atoms with Gasteiger partial charge < -0.3 is 10.6 Å². The minimum Gasteiger partial charge on any atom is -0.381 e. The Morgan fingerprint density at radius 1 is 1.19 bits per heavy atom. The number of benzene rings is 2. The topological polar surface area (TPSA) is 96.0 Å². The van der Waals surface area contributed by atoms with Crippen molar-refractivity contribution in [3.63, 3.8) is 0 Å². The summed E-state index contributed by atoms with van der Waals surface area (Å²) in [5.74, 6) is 0.972. The number of rotatable bonds is 4. The Bertz CT molecular complexity index is 1470. The minimum absolute atomic E-state index is 0.147. The van der Waals surface area contributed by atoms with Gasteiger partial charge >= 0.3 is 0 Å². The maximum Gasteiger partial charge on any atom is 0.158 e. The van der Waals surface area contributed by atoms with Gasteiger partial charge in [-0.05, 0) is 79.3 Å². The standard InChI is InChI=1S/C26H27ClFN5OS2/c1-36(30,34)21-4-2-3-20(23(21)27)35-25-24(29)32-22(14-31-25)33-18-7-8-19(33)13-26(12-18)10-15-5-6-17(28)9-16(15)11-26/h2-6,9,14,18-19,30H,7-8,10-13H2,1H3,(H2,29,32)/t18-,19+,26?,36?. The summed E-state index contributed by atoms with van der Waals surface area (Å²) in [4.78, 5) is 12.7. The molecule has 1 aromatic heterocycles. The average molecular weight is 544 g/mol. The summed E-state index contributed by atoms with van der Waals surface area (Å²) in [7, 11) is -2.95. The maximum absolute atomic E-state index is 13.8. The second-order valence-electron chi connectivity index (χ2n) is 10.4. The molecule has 1 aliphatic carbocycles.